The molecular weight excluding hydrogens is 318 g/mol. The molecule has 0 bridgehead atoms. The zero-order valence-electron chi connectivity index (χ0n) is 12.3. The van der Waals surface area contributed by atoms with Crippen molar-refractivity contribution in [2.75, 3.05) is 13.2 Å². The van der Waals surface area contributed by atoms with Crippen LogP contribution in [0.4, 0.5) is 0 Å². The third kappa shape index (κ3) is 25.1. The van der Waals surface area contributed by atoms with Crippen molar-refractivity contribution in [1.82, 2.24) is 0 Å². The van der Waals surface area contributed by atoms with Crippen molar-refractivity contribution >= 4 is 23.9 Å². The van der Waals surface area contributed by atoms with Crippen molar-refractivity contribution in [3.8, 4) is 0 Å². The maximum absolute atomic E-state index is 9.99. The van der Waals surface area contributed by atoms with Gasteiger partial charge in [-0.05, 0) is 12.8 Å². The number of rotatable bonds is 8. The zero-order valence-corrected chi connectivity index (χ0v) is 12.3. The van der Waals surface area contributed by atoms with Crippen LogP contribution in [0.5, 0.6) is 0 Å². The standard InChI is InChI=1S/C5H9NO4.C4H9NO3.C2H5NO2/c6-3(5(9)10)1-2-4(7)8;5-3(1-2-6)4(7)8;3-1-2(4)5/h3H,1-2,6H2,(H,7,8)(H,9,10);3,6H,1-2,5H2,(H,7,8);1,3H2,(H,4,5). The topological polar surface area (TPSA) is 247 Å². The van der Waals surface area contributed by atoms with Crippen LogP contribution in [0.3, 0.4) is 0 Å². The maximum Gasteiger partial charge on any atom is 0.320 e. The van der Waals surface area contributed by atoms with Crippen LogP contribution in [0.1, 0.15) is 19.3 Å². The Kier molecular flexibility index (Phi) is 18.0. The predicted octanol–water partition coefficient (Wildman–Crippen LogP) is -2.93. The fourth-order valence-electron chi connectivity index (χ4n) is 0.665. The number of hydrogen-bond acceptors (Lipinski definition) is 8. The summed E-state index contributed by atoms with van der Waals surface area (Å²) >= 11 is 0. The molecule has 2 unspecified atom stereocenters. The molecule has 136 valence electrons. The van der Waals surface area contributed by atoms with Crippen LogP contribution in [-0.4, -0.2) is 74.6 Å². The van der Waals surface area contributed by atoms with Gasteiger partial charge in [0.05, 0.1) is 6.54 Å². The molecular formula is C11H23N3O9. The monoisotopic (exact) mass is 341 g/mol. The molecule has 0 spiro atoms. The van der Waals surface area contributed by atoms with E-state index < -0.39 is 36.0 Å². The summed E-state index contributed by atoms with van der Waals surface area (Å²) < 4.78 is 0. The van der Waals surface area contributed by atoms with Crippen LogP contribution in [0.25, 0.3) is 0 Å². The second kappa shape index (κ2) is 16.1. The van der Waals surface area contributed by atoms with Crippen LogP contribution < -0.4 is 17.2 Å². The summed E-state index contributed by atoms with van der Waals surface area (Å²) in [4.78, 5) is 39.0. The molecule has 0 aliphatic heterocycles. The molecule has 0 aromatic rings. The lowest BCUT2D eigenvalue weighted by atomic mass is 10.2. The van der Waals surface area contributed by atoms with Gasteiger partial charge in [-0.3, -0.25) is 19.2 Å². The van der Waals surface area contributed by atoms with Gasteiger partial charge in [0.2, 0.25) is 0 Å². The van der Waals surface area contributed by atoms with Crippen LogP contribution in [0.15, 0.2) is 0 Å². The van der Waals surface area contributed by atoms with Crippen LogP contribution in [0, 0.1) is 0 Å². The highest BCUT2D eigenvalue weighted by Crippen LogP contribution is 1.93. The quantitative estimate of drug-likeness (QED) is 0.221. The molecule has 0 radical (unpaired) electrons. The Hall–Kier alpha value is -2.28. The van der Waals surface area contributed by atoms with Crippen molar-refractivity contribution in [2.45, 2.75) is 31.3 Å². The lowest BCUT2D eigenvalue weighted by Crippen LogP contribution is -2.30. The molecule has 12 nitrogen and oxygen atoms in total. The second-order valence-corrected chi connectivity index (χ2v) is 3.93. The highest BCUT2D eigenvalue weighted by molar-refractivity contribution is 5.74. The molecule has 2 atom stereocenters. The summed E-state index contributed by atoms with van der Waals surface area (Å²) in [6, 6.07) is -1.98. The number of aliphatic hydroxyl groups is 1. The molecule has 0 aromatic carbocycles. The summed E-state index contributed by atoms with van der Waals surface area (Å²) in [5.74, 6) is -4.23. The lowest BCUT2D eigenvalue weighted by molar-refractivity contribution is -0.140. The van der Waals surface area contributed by atoms with Gasteiger partial charge in [0.1, 0.15) is 12.1 Å². The molecule has 11 N–H and O–H groups in total. The highest BCUT2D eigenvalue weighted by atomic mass is 16.4. The minimum absolute atomic E-state index is 0.0231. The number of nitrogens with two attached hydrogens (primary N) is 3. The van der Waals surface area contributed by atoms with E-state index in [0.717, 1.165) is 0 Å². The molecule has 23 heavy (non-hydrogen) atoms. The Morgan fingerprint density at radius 2 is 1.13 bits per heavy atom. The summed E-state index contributed by atoms with van der Waals surface area (Å²) in [5.41, 5.74) is 14.5. The fraction of sp³-hybridized carbons (Fsp3) is 0.636. The van der Waals surface area contributed by atoms with E-state index in [0.29, 0.717) is 0 Å². The normalized spacial score (nSPS) is 11.7. The van der Waals surface area contributed by atoms with Crippen LogP contribution in [0.2, 0.25) is 0 Å². The molecule has 0 aliphatic carbocycles. The van der Waals surface area contributed by atoms with E-state index in [1.807, 2.05) is 0 Å². The van der Waals surface area contributed by atoms with Gasteiger partial charge in [0.15, 0.2) is 0 Å². The lowest BCUT2D eigenvalue weighted by Gasteiger charge is -2.01. The van der Waals surface area contributed by atoms with Gasteiger partial charge in [-0.25, -0.2) is 0 Å². The van der Waals surface area contributed by atoms with Gasteiger partial charge < -0.3 is 42.7 Å². The van der Waals surface area contributed by atoms with E-state index >= 15 is 0 Å². The highest BCUT2D eigenvalue weighted by Gasteiger charge is 2.12. The van der Waals surface area contributed by atoms with Gasteiger partial charge in [-0.15, -0.1) is 0 Å². The minimum atomic E-state index is -1.17. The summed E-state index contributed by atoms with van der Waals surface area (Å²) in [6.07, 6.45) is -0.104. The van der Waals surface area contributed by atoms with E-state index in [9.17, 15) is 19.2 Å². The first-order valence-electron chi connectivity index (χ1n) is 6.20. The largest absolute Gasteiger partial charge is 0.481 e. The van der Waals surface area contributed by atoms with Crippen molar-refractivity contribution in [2.24, 2.45) is 17.2 Å². The SMILES string of the molecule is NC(CCC(=O)O)C(=O)O.NC(CCO)C(=O)O.NCC(=O)O. The molecule has 0 rings (SSSR count). The van der Waals surface area contributed by atoms with Gasteiger partial charge in [0.25, 0.3) is 0 Å². The summed E-state index contributed by atoms with van der Waals surface area (Å²) in [6.45, 7) is -0.451. The van der Waals surface area contributed by atoms with Crippen LogP contribution >= 0.6 is 0 Å². The number of aliphatic hydroxyl groups excluding tert-OH is 1. The number of carboxylic acids is 4. The Morgan fingerprint density at radius 3 is 1.30 bits per heavy atom. The molecule has 12 heteroatoms. The third-order valence-electron chi connectivity index (χ3n) is 1.92. The number of carbonyl (C=O) groups is 4. The predicted molar refractivity (Wildman–Crippen MR) is 76.5 cm³/mol. The number of aliphatic carboxylic acids is 4. The zero-order chi connectivity index (χ0) is 19.0. The number of carboxylic acid groups (broad SMARTS) is 4. The smallest absolute Gasteiger partial charge is 0.320 e. The first kappa shape index (κ1) is 25.7. The van der Waals surface area contributed by atoms with E-state index in [1.54, 1.807) is 0 Å². The summed E-state index contributed by atoms with van der Waals surface area (Å²) in [7, 11) is 0. The molecule has 0 heterocycles. The molecule has 0 saturated carbocycles. The fourth-order valence-corrected chi connectivity index (χ4v) is 0.665. The average molecular weight is 341 g/mol. The Bertz CT molecular complexity index is 376. The molecule has 0 fully saturated rings. The molecule has 0 amide bonds. The Morgan fingerprint density at radius 1 is 0.783 bits per heavy atom. The third-order valence-corrected chi connectivity index (χ3v) is 1.92. The Balaban J connectivity index is -0.000000276. The molecule has 0 saturated heterocycles. The van der Waals surface area contributed by atoms with Crippen molar-refractivity contribution in [1.29, 1.82) is 0 Å². The van der Waals surface area contributed by atoms with Crippen molar-refractivity contribution in [3.63, 3.8) is 0 Å². The minimum Gasteiger partial charge on any atom is -0.481 e. The second-order valence-electron chi connectivity index (χ2n) is 3.93. The average Bonchev–Trinajstić information content (AvgIpc) is 2.45. The van der Waals surface area contributed by atoms with Gasteiger partial charge in [-0.2, -0.15) is 0 Å². The van der Waals surface area contributed by atoms with E-state index in [4.69, 9.17) is 37.0 Å². The maximum atomic E-state index is 9.99. The first-order chi connectivity index (χ1) is 10.5. The van der Waals surface area contributed by atoms with E-state index in [2.05, 4.69) is 5.73 Å². The van der Waals surface area contributed by atoms with E-state index in [-0.39, 0.29) is 32.4 Å². The number of hydrogen-bond donors (Lipinski definition) is 8. The molecule has 0 aromatic heterocycles. The van der Waals surface area contributed by atoms with Crippen molar-refractivity contribution in [3.05, 3.63) is 0 Å². The van der Waals surface area contributed by atoms with Crippen LogP contribution in [-0.2, 0) is 19.2 Å². The van der Waals surface area contributed by atoms with Gasteiger partial charge in [0, 0.05) is 13.0 Å². The summed E-state index contributed by atoms with van der Waals surface area (Å²) in [5, 5.41) is 40.1. The first-order valence-corrected chi connectivity index (χ1v) is 6.20. The van der Waals surface area contributed by atoms with Crippen molar-refractivity contribution < 1.29 is 44.7 Å². The Labute approximate surface area is 131 Å². The van der Waals surface area contributed by atoms with Gasteiger partial charge in [-0.1, -0.05) is 0 Å². The molecule has 0 aliphatic rings. The van der Waals surface area contributed by atoms with E-state index in [1.165, 1.54) is 0 Å². The van der Waals surface area contributed by atoms with Gasteiger partial charge >= 0.3 is 23.9 Å².